The minimum absolute atomic E-state index is 0.122. The van der Waals surface area contributed by atoms with Crippen LogP contribution in [0, 0.1) is 13.8 Å². The summed E-state index contributed by atoms with van der Waals surface area (Å²) < 4.78 is 18.9. The molecule has 1 amide bonds. The highest BCUT2D eigenvalue weighted by Crippen LogP contribution is 2.36. The summed E-state index contributed by atoms with van der Waals surface area (Å²) in [4.78, 5) is 31.4. The maximum atomic E-state index is 12.7. The number of amides is 1. The van der Waals surface area contributed by atoms with E-state index in [1.165, 1.54) is 6.20 Å². The van der Waals surface area contributed by atoms with Gasteiger partial charge in [0.1, 0.15) is 36.5 Å². The molecule has 6 rings (SSSR count). The number of carboxylic acid groups (broad SMARTS) is 1. The number of fused-ring (bicyclic) bond motifs is 3. The number of pyridine rings is 1. The Morgan fingerprint density at radius 2 is 1.76 bits per heavy atom. The third-order valence-corrected chi connectivity index (χ3v) is 10.7. The number of hydrogen-bond acceptors (Lipinski definition) is 9. The molecule has 0 unspecified atom stereocenters. The summed E-state index contributed by atoms with van der Waals surface area (Å²) in [6.45, 7) is 8.65. The van der Waals surface area contributed by atoms with E-state index in [9.17, 15) is 19.8 Å². The normalized spacial score (nSPS) is 17.5. The summed E-state index contributed by atoms with van der Waals surface area (Å²) in [7, 11) is 0. The first-order chi connectivity index (χ1) is 26.7. The van der Waals surface area contributed by atoms with Crippen molar-refractivity contribution in [2.45, 2.75) is 84.3 Å². The highest BCUT2D eigenvalue weighted by Gasteiger charge is 2.21. The number of carbonyl (C=O) groups excluding carboxylic acids is 1. The minimum Gasteiger partial charge on any atom is -0.493 e. The molecule has 1 saturated heterocycles. The minimum atomic E-state index is -0.946. The van der Waals surface area contributed by atoms with Crippen molar-refractivity contribution in [3.63, 3.8) is 0 Å². The second-order valence-electron chi connectivity index (χ2n) is 14.4. The van der Waals surface area contributed by atoms with E-state index < -0.39 is 12.0 Å². The third-order valence-electron chi connectivity index (χ3n) is 10.4. The monoisotopic (exact) mass is 770 g/mol. The van der Waals surface area contributed by atoms with Crippen LogP contribution >= 0.6 is 11.6 Å². The number of hydrogen-bond donors (Lipinski definition) is 4. The van der Waals surface area contributed by atoms with E-state index in [1.807, 2.05) is 24.3 Å². The molecule has 0 aliphatic carbocycles. The Labute approximate surface area is 328 Å². The number of ether oxygens (including phenoxy) is 3. The van der Waals surface area contributed by atoms with E-state index in [4.69, 9.17) is 25.8 Å². The number of nitrogens with one attached hydrogen (secondary N) is 2. The van der Waals surface area contributed by atoms with E-state index in [0.29, 0.717) is 65.6 Å². The van der Waals surface area contributed by atoms with Crippen molar-refractivity contribution in [3.05, 3.63) is 105 Å². The molecule has 12 heteroatoms. The predicted molar refractivity (Wildman–Crippen MR) is 212 cm³/mol. The molecular formula is C43H51ClN4O7. The molecule has 0 radical (unpaired) electrons. The zero-order valence-corrected chi connectivity index (χ0v) is 32.4. The van der Waals surface area contributed by atoms with Gasteiger partial charge in [-0.15, -0.1) is 0 Å². The van der Waals surface area contributed by atoms with Crippen LogP contribution in [0.2, 0.25) is 5.02 Å². The summed E-state index contributed by atoms with van der Waals surface area (Å²) in [5.74, 6) is 0.580. The highest BCUT2D eigenvalue weighted by atomic mass is 35.5. The van der Waals surface area contributed by atoms with Gasteiger partial charge in [-0.1, -0.05) is 41.9 Å². The molecule has 0 saturated carbocycles. The van der Waals surface area contributed by atoms with Gasteiger partial charge in [-0.25, -0.2) is 0 Å². The fourth-order valence-electron chi connectivity index (χ4n) is 7.10. The Morgan fingerprint density at radius 3 is 2.56 bits per heavy atom. The van der Waals surface area contributed by atoms with Gasteiger partial charge in [-0.05, 0) is 98.4 Å². The number of carbonyl (C=O) groups is 2. The van der Waals surface area contributed by atoms with Crippen LogP contribution in [0.5, 0.6) is 17.2 Å². The number of nitrogens with zero attached hydrogens (tertiary/aromatic N) is 2. The molecule has 2 bridgehead atoms. The van der Waals surface area contributed by atoms with Crippen LogP contribution in [-0.4, -0.2) is 76.9 Å². The van der Waals surface area contributed by atoms with E-state index in [-0.39, 0.29) is 31.8 Å². The molecule has 1 aromatic heterocycles. The van der Waals surface area contributed by atoms with Gasteiger partial charge in [0.15, 0.2) is 0 Å². The van der Waals surface area contributed by atoms with Crippen LogP contribution in [-0.2, 0) is 24.6 Å². The van der Waals surface area contributed by atoms with Crippen LogP contribution in [0.3, 0.4) is 0 Å². The predicted octanol–water partition coefficient (Wildman–Crippen LogP) is 6.86. The molecule has 1 fully saturated rings. The van der Waals surface area contributed by atoms with Crippen LogP contribution in [0.15, 0.2) is 67.0 Å². The standard InChI is InChI=1S/C43H51ClN4O7/c1-28-31(8-5-9-35(28)36-10-6-12-39(29(36)2)53-19-7-16-48-17-13-34(49)14-18-48)27-55-41-22-40-32(21-37(41)44)25-47-38(43(51)52)11-3-4-15-46-42(50)33-20-30(26-54-40)23-45-24-33/h5-6,8-10,12,20-24,34,38,47,49H,3-4,7,11,13-19,25-27H2,1-2H3,(H,46,50)(H,51,52)/t38-/m0/s1. The topological polar surface area (TPSA) is 142 Å². The van der Waals surface area contributed by atoms with Crippen molar-refractivity contribution in [2.24, 2.45) is 0 Å². The van der Waals surface area contributed by atoms with Crippen LogP contribution in [0.25, 0.3) is 11.1 Å². The molecule has 1 atom stereocenters. The van der Waals surface area contributed by atoms with Crippen LogP contribution < -0.4 is 24.8 Å². The number of aromatic nitrogens is 1. The first kappa shape index (κ1) is 40.0. The lowest BCUT2D eigenvalue weighted by Gasteiger charge is -2.29. The summed E-state index contributed by atoms with van der Waals surface area (Å²) in [6, 6.07) is 16.8. The van der Waals surface area contributed by atoms with E-state index in [1.54, 1.807) is 24.4 Å². The molecule has 292 valence electrons. The largest absolute Gasteiger partial charge is 0.493 e. The molecule has 2 aliphatic heterocycles. The zero-order valence-electron chi connectivity index (χ0n) is 31.6. The van der Waals surface area contributed by atoms with Crippen molar-refractivity contribution >= 4 is 23.5 Å². The summed E-state index contributed by atoms with van der Waals surface area (Å²) >= 11 is 6.81. The van der Waals surface area contributed by atoms with Gasteiger partial charge < -0.3 is 40.0 Å². The van der Waals surface area contributed by atoms with E-state index in [0.717, 1.165) is 72.5 Å². The molecule has 3 heterocycles. The lowest BCUT2D eigenvalue weighted by atomic mass is 9.93. The van der Waals surface area contributed by atoms with Crippen molar-refractivity contribution < 1.29 is 34.0 Å². The molecule has 4 aromatic rings. The first-order valence-corrected chi connectivity index (χ1v) is 19.5. The second kappa shape index (κ2) is 19.3. The van der Waals surface area contributed by atoms with E-state index >= 15 is 0 Å². The number of halogens is 1. The van der Waals surface area contributed by atoms with Gasteiger partial charge in [0.25, 0.3) is 5.91 Å². The van der Waals surface area contributed by atoms with E-state index in [2.05, 4.69) is 46.5 Å². The number of aliphatic hydroxyl groups excluding tert-OH is 1. The molecule has 4 N–H and O–H groups in total. The molecule has 55 heavy (non-hydrogen) atoms. The smallest absolute Gasteiger partial charge is 0.320 e. The molecule has 2 aliphatic rings. The molecule has 0 spiro atoms. The van der Waals surface area contributed by atoms with Crippen molar-refractivity contribution in [1.29, 1.82) is 0 Å². The first-order valence-electron chi connectivity index (χ1n) is 19.1. The van der Waals surface area contributed by atoms with Crippen molar-refractivity contribution in [3.8, 4) is 28.4 Å². The van der Waals surface area contributed by atoms with Crippen molar-refractivity contribution in [2.75, 3.05) is 32.8 Å². The Kier molecular flexibility index (Phi) is 14.0. The Hall–Kier alpha value is -4.68. The van der Waals surface area contributed by atoms with Gasteiger partial charge in [0.05, 0.1) is 23.3 Å². The Bertz CT molecular complexity index is 1950. The fraction of sp³-hybridized carbons (Fsp3) is 0.419. The average Bonchev–Trinajstić information content (AvgIpc) is 3.18. The lowest BCUT2D eigenvalue weighted by Crippen LogP contribution is -2.36. The number of piperidine rings is 1. The summed E-state index contributed by atoms with van der Waals surface area (Å²) in [6.07, 6.45) is 7.25. The number of carboxylic acids is 1. The number of benzene rings is 3. The molecule has 11 nitrogen and oxygen atoms in total. The van der Waals surface area contributed by atoms with Crippen LogP contribution in [0.1, 0.15) is 76.7 Å². The molecule has 3 aromatic carbocycles. The van der Waals surface area contributed by atoms with Gasteiger partial charge >= 0.3 is 5.97 Å². The second-order valence-corrected chi connectivity index (χ2v) is 14.8. The van der Waals surface area contributed by atoms with Crippen LogP contribution in [0.4, 0.5) is 0 Å². The highest BCUT2D eigenvalue weighted by molar-refractivity contribution is 6.32. The lowest BCUT2D eigenvalue weighted by molar-refractivity contribution is -0.139. The molecular weight excluding hydrogens is 720 g/mol. The van der Waals surface area contributed by atoms with Crippen molar-refractivity contribution in [1.82, 2.24) is 20.5 Å². The SMILES string of the molecule is Cc1c(COc2cc3c(cc2Cl)CN[C@H](C(=O)O)CCCCNC(=O)c2cncc(c2)CO3)cccc1-c1cccc(OCCCN2CCC(O)CC2)c1C. The fourth-order valence-corrected chi connectivity index (χ4v) is 7.34. The zero-order chi connectivity index (χ0) is 38.7. The Morgan fingerprint density at radius 1 is 0.982 bits per heavy atom. The van der Waals surface area contributed by atoms with Gasteiger partial charge in [-0.2, -0.15) is 0 Å². The maximum absolute atomic E-state index is 12.7. The van der Waals surface area contributed by atoms with Gasteiger partial charge in [-0.3, -0.25) is 14.6 Å². The maximum Gasteiger partial charge on any atom is 0.320 e. The average molecular weight is 771 g/mol. The number of aliphatic hydroxyl groups is 1. The summed E-state index contributed by atoms with van der Waals surface area (Å²) in [5, 5.41) is 26.1. The third kappa shape index (κ3) is 10.8. The summed E-state index contributed by atoms with van der Waals surface area (Å²) in [5.41, 5.74) is 7.13. The van der Waals surface area contributed by atoms with Gasteiger partial charge in [0.2, 0.25) is 0 Å². The number of rotatable bonds is 10. The number of likely N-dealkylation sites (tertiary alicyclic amines) is 1. The quantitative estimate of drug-likeness (QED) is 0.126. The number of aliphatic carboxylic acids is 1. The van der Waals surface area contributed by atoms with Gasteiger partial charge in [0, 0.05) is 62.3 Å². The Balaban J connectivity index is 1.17.